The van der Waals surface area contributed by atoms with Gasteiger partial charge in [-0.3, -0.25) is 4.79 Å². The summed E-state index contributed by atoms with van der Waals surface area (Å²) in [5.41, 5.74) is 1.77. The molecule has 2 N–H and O–H groups in total. The van der Waals surface area contributed by atoms with Crippen LogP contribution in [0.2, 0.25) is 5.02 Å². The summed E-state index contributed by atoms with van der Waals surface area (Å²) >= 11 is 6.34. The van der Waals surface area contributed by atoms with Crippen molar-refractivity contribution in [1.29, 1.82) is 0 Å². The molecule has 1 atom stereocenters. The van der Waals surface area contributed by atoms with Crippen LogP contribution in [0.3, 0.4) is 0 Å². The molecule has 29 heavy (non-hydrogen) atoms. The number of benzene rings is 2. The molecular weight excluding hydrogens is 392 g/mol. The molecule has 0 saturated carbocycles. The summed E-state index contributed by atoms with van der Waals surface area (Å²) in [5.74, 6) is 0.460. The highest BCUT2D eigenvalue weighted by Gasteiger charge is 2.28. The second kappa shape index (κ2) is 9.58. The standard InChI is InChI=1S/C22H23ClN2O4/c1-3-14(26)13-24-22(27)19-20(15-9-5-7-11-17(15)23)25-29-21(19)16-10-6-8-12-18(16)28-4-2/h5-12,14,26H,3-4,13H2,1-2H3,(H,24,27). The molecule has 1 unspecified atom stereocenters. The quantitative estimate of drug-likeness (QED) is 0.564. The van der Waals surface area contributed by atoms with Crippen molar-refractivity contribution in [3.05, 3.63) is 59.1 Å². The lowest BCUT2D eigenvalue weighted by Gasteiger charge is -2.12. The predicted molar refractivity (Wildman–Crippen MR) is 112 cm³/mol. The molecule has 0 radical (unpaired) electrons. The molecule has 0 saturated heterocycles. The van der Waals surface area contributed by atoms with E-state index in [2.05, 4.69) is 10.5 Å². The van der Waals surface area contributed by atoms with Crippen LogP contribution in [0.25, 0.3) is 22.6 Å². The monoisotopic (exact) mass is 414 g/mol. The molecular formula is C22H23ClN2O4. The van der Waals surface area contributed by atoms with Crippen LogP contribution in [0.1, 0.15) is 30.6 Å². The van der Waals surface area contributed by atoms with E-state index in [-0.39, 0.29) is 17.9 Å². The van der Waals surface area contributed by atoms with Crippen molar-refractivity contribution in [2.75, 3.05) is 13.2 Å². The molecule has 0 bridgehead atoms. The van der Waals surface area contributed by atoms with E-state index < -0.39 is 12.0 Å². The largest absolute Gasteiger partial charge is 0.493 e. The molecule has 6 nitrogen and oxygen atoms in total. The minimum absolute atomic E-state index is 0.120. The lowest BCUT2D eigenvalue weighted by molar-refractivity contribution is 0.0914. The van der Waals surface area contributed by atoms with Crippen LogP contribution < -0.4 is 10.1 Å². The minimum atomic E-state index is -0.637. The number of aliphatic hydroxyl groups is 1. The molecule has 1 amide bonds. The van der Waals surface area contributed by atoms with Crippen molar-refractivity contribution in [2.45, 2.75) is 26.4 Å². The van der Waals surface area contributed by atoms with Crippen molar-refractivity contribution >= 4 is 17.5 Å². The number of ether oxygens (including phenoxy) is 1. The summed E-state index contributed by atoms with van der Waals surface area (Å²) in [6.07, 6.45) is -0.108. The Labute approximate surface area is 174 Å². The third-order valence-corrected chi connectivity index (χ3v) is 4.78. The fourth-order valence-electron chi connectivity index (χ4n) is 2.90. The molecule has 1 aromatic heterocycles. The van der Waals surface area contributed by atoms with Gasteiger partial charge < -0.3 is 19.7 Å². The molecule has 0 aliphatic heterocycles. The Morgan fingerprint density at radius 2 is 1.86 bits per heavy atom. The van der Waals surface area contributed by atoms with Crippen LogP contribution in [0.4, 0.5) is 0 Å². The van der Waals surface area contributed by atoms with E-state index >= 15 is 0 Å². The third-order valence-electron chi connectivity index (χ3n) is 4.45. The average Bonchev–Trinajstić information content (AvgIpc) is 3.17. The minimum Gasteiger partial charge on any atom is -0.493 e. The molecule has 3 rings (SSSR count). The first-order chi connectivity index (χ1) is 14.1. The third kappa shape index (κ3) is 4.60. The normalized spacial score (nSPS) is 11.9. The van der Waals surface area contributed by atoms with Gasteiger partial charge >= 0.3 is 0 Å². The summed E-state index contributed by atoms with van der Waals surface area (Å²) < 4.78 is 11.3. The first-order valence-electron chi connectivity index (χ1n) is 9.49. The fraction of sp³-hybridized carbons (Fsp3) is 0.273. The summed E-state index contributed by atoms with van der Waals surface area (Å²) in [7, 11) is 0. The summed E-state index contributed by atoms with van der Waals surface area (Å²) in [6.45, 7) is 4.31. The van der Waals surface area contributed by atoms with Crippen LogP contribution in [-0.2, 0) is 0 Å². The number of halogens is 1. The number of nitrogens with zero attached hydrogens (tertiary/aromatic N) is 1. The van der Waals surface area contributed by atoms with Gasteiger partial charge in [-0.15, -0.1) is 0 Å². The van der Waals surface area contributed by atoms with Crippen LogP contribution >= 0.6 is 11.6 Å². The molecule has 0 aliphatic rings. The number of nitrogens with one attached hydrogen (secondary N) is 1. The molecule has 152 valence electrons. The van der Waals surface area contributed by atoms with Crippen molar-refractivity contribution in [3.63, 3.8) is 0 Å². The van der Waals surface area contributed by atoms with E-state index in [0.29, 0.717) is 40.6 Å². The zero-order valence-electron chi connectivity index (χ0n) is 16.3. The van der Waals surface area contributed by atoms with Crippen molar-refractivity contribution in [2.24, 2.45) is 0 Å². The number of aliphatic hydroxyl groups excluding tert-OH is 1. The topological polar surface area (TPSA) is 84.6 Å². The number of rotatable bonds is 8. The van der Waals surface area contributed by atoms with E-state index in [0.717, 1.165) is 0 Å². The highest BCUT2D eigenvalue weighted by molar-refractivity contribution is 6.33. The Morgan fingerprint density at radius 3 is 2.55 bits per heavy atom. The van der Waals surface area contributed by atoms with Gasteiger partial charge in [0.15, 0.2) is 5.76 Å². The van der Waals surface area contributed by atoms with Gasteiger partial charge in [-0.05, 0) is 31.5 Å². The van der Waals surface area contributed by atoms with E-state index in [9.17, 15) is 9.90 Å². The molecule has 0 fully saturated rings. The number of hydrogen-bond acceptors (Lipinski definition) is 5. The Morgan fingerprint density at radius 1 is 1.17 bits per heavy atom. The van der Waals surface area contributed by atoms with E-state index in [1.807, 2.05) is 32.0 Å². The lowest BCUT2D eigenvalue weighted by Crippen LogP contribution is -2.32. The van der Waals surface area contributed by atoms with Gasteiger partial charge in [-0.2, -0.15) is 0 Å². The zero-order chi connectivity index (χ0) is 20.8. The van der Waals surface area contributed by atoms with Gasteiger partial charge in [0, 0.05) is 12.1 Å². The fourth-order valence-corrected chi connectivity index (χ4v) is 3.13. The van der Waals surface area contributed by atoms with E-state index in [4.69, 9.17) is 20.9 Å². The van der Waals surface area contributed by atoms with Crippen LogP contribution in [0, 0.1) is 0 Å². The van der Waals surface area contributed by atoms with Crippen molar-refractivity contribution in [1.82, 2.24) is 10.5 Å². The maximum atomic E-state index is 13.1. The van der Waals surface area contributed by atoms with E-state index in [1.54, 1.807) is 30.3 Å². The van der Waals surface area contributed by atoms with Gasteiger partial charge in [0.05, 0.1) is 23.3 Å². The van der Waals surface area contributed by atoms with Gasteiger partial charge in [0.2, 0.25) is 0 Å². The number of para-hydroxylation sites is 1. The average molecular weight is 415 g/mol. The molecule has 2 aromatic carbocycles. The van der Waals surface area contributed by atoms with E-state index in [1.165, 1.54) is 0 Å². The van der Waals surface area contributed by atoms with Crippen molar-refractivity contribution in [3.8, 4) is 28.3 Å². The van der Waals surface area contributed by atoms with Gasteiger partial charge in [-0.25, -0.2) is 0 Å². The summed E-state index contributed by atoms with van der Waals surface area (Å²) in [4.78, 5) is 13.1. The Balaban J connectivity index is 2.13. The molecule has 3 aromatic rings. The molecule has 0 aliphatic carbocycles. The highest BCUT2D eigenvalue weighted by atomic mass is 35.5. The van der Waals surface area contributed by atoms with Crippen LogP contribution in [-0.4, -0.2) is 35.4 Å². The second-order valence-electron chi connectivity index (χ2n) is 6.42. The smallest absolute Gasteiger partial charge is 0.257 e. The first kappa shape index (κ1) is 20.9. The number of carbonyl (C=O) groups excluding carboxylic acids is 1. The lowest BCUT2D eigenvalue weighted by atomic mass is 10.0. The van der Waals surface area contributed by atoms with Crippen LogP contribution in [0.15, 0.2) is 53.1 Å². The number of amides is 1. The zero-order valence-corrected chi connectivity index (χ0v) is 17.1. The Bertz CT molecular complexity index is 986. The summed E-state index contributed by atoms with van der Waals surface area (Å²) in [5, 5.41) is 17.2. The SMILES string of the molecule is CCOc1ccccc1-c1onc(-c2ccccc2Cl)c1C(=O)NCC(O)CC. The number of carbonyl (C=O) groups is 1. The van der Waals surface area contributed by atoms with Gasteiger partial charge in [-0.1, -0.05) is 54.0 Å². The highest BCUT2D eigenvalue weighted by Crippen LogP contribution is 2.38. The Kier molecular flexibility index (Phi) is 6.90. The van der Waals surface area contributed by atoms with Gasteiger partial charge in [0.25, 0.3) is 5.91 Å². The molecule has 0 spiro atoms. The number of aromatic nitrogens is 1. The van der Waals surface area contributed by atoms with Crippen LogP contribution in [0.5, 0.6) is 5.75 Å². The molecule has 1 heterocycles. The predicted octanol–water partition coefficient (Wildman–Crippen LogP) is 4.56. The maximum absolute atomic E-state index is 13.1. The van der Waals surface area contributed by atoms with Crippen molar-refractivity contribution < 1.29 is 19.2 Å². The maximum Gasteiger partial charge on any atom is 0.257 e. The Hall–Kier alpha value is -2.83. The summed E-state index contributed by atoms with van der Waals surface area (Å²) in [6, 6.07) is 14.4. The number of hydrogen-bond donors (Lipinski definition) is 2. The first-order valence-corrected chi connectivity index (χ1v) is 9.87. The molecule has 7 heteroatoms. The second-order valence-corrected chi connectivity index (χ2v) is 6.82. The van der Waals surface area contributed by atoms with Gasteiger partial charge in [0.1, 0.15) is 17.0 Å².